The lowest BCUT2D eigenvalue weighted by molar-refractivity contribution is -0.150. The van der Waals surface area contributed by atoms with Crippen LogP contribution < -0.4 is 10.1 Å². The molecular weight excluding hydrogens is 510 g/mol. The lowest BCUT2D eigenvalue weighted by Crippen LogP contribution is -2.44. The number of carbonyl (C=O) groups excluding carboxylic acids is 3. The van der Waals surface area contributed by atoms with E-state index < -0.39 is 23.7 Å². The normalized spacial score (nSPS) is 17.8. The van der Waals surface area contributed by atoms with Gasteiger partial charge in [0.2, 0.25) is 11.8 Å². The number of rotatable bonds is 10. The average molecular weight is 538 g/mol. The number of carbonyl (C=O) groups is 3. The van der Waals surface area contributed by atoms with E-state index in [-0.39, 0.29) is 22.3 Å². The van der Waals surface area contributed by atoms with Crippen LogP contribution in [0.3, 0.4) is 0 Å². The lowest BCUT2D eigenvalue weighted by atomic mass is 9.78. The number of nitrogens with one attached hydrogen (secondary N) is 1. The molecule has 1 heterocycles. The highest BCUT2D eigenvalue weighted by atomic mass is 79.9. The summed E-state index contributed by atoms with van der Waals surface area (Å²) in [5.74, 6) is -2.84. The molecule has 0 unspecified atom stereocenters. The van der Waals surface area contributed by atoms with Crippen molar-refractivity contribution in [3.63, 3.8) is 0 Å². The maximum Gasteiger partial charge on any atom is 0.319 e. The molecule has 2 atom stereocenters. The number of ether oxygens (including phenoxy) is 2. The molecule has 0 aliphatic carbocycles. The van der Waals surface area contributed by atoms with Crippen LogP contribution in [0.15, 0.2) is 33.3 Å². The van der Waals surface area contributed by atoms with Crippen LogP contribution in [-0.2, 0) is 19.1 Å². The quantitative estimate of drug-likeness (QED) is 0.358. The Kier molecular flexibility index (Phi) is 10.3. The van der Waals surface area contributed by atoms with Crippen molar-refractivity contribution in [3.05, 3.63) is 38.8 Å². The third-order valence-electron chi connectivity index (χ3n) is 5.20. The predicted octanol–water partition coefficient (Wildman–Crippen LogP) is 3.58. The molecule has 0 aromatic heterocycles. The number of nitriles is 1. The molecule has 178 valence electrons. The summed E-state index contributed by atoms with van der Waals surface area (Å²) in [5.41, 5.74) is 0.782. The van der Waals surface area contributed by atoms with Gasteiger partial charge in [0.05, 0.1) is 41.1 Å². The van der Waals surface area contributed by atoms with Gasteiger partial charge >= 0.3 is 5.97 Å². The molecule has 33 heavy (non-hydrogen) atoms. The molecule has 0 saturated carbocycles. The molecule has 1 aliphatic rings. The molecule has 1 aromatic carbocycles. The first-order valence-corrected chi connectivity index (χ1v) is 12.4. The minimum absolute atomic E-state index is 0.0680. The first-order valence-electron chi connectivity index (χ1n) is 10.6. The Morgan fingerprint density at radius 2 is 1.91 bits per heavy atom. The van der Waals surface area contributed by atoms with Gasteiger partial charge in [-0.2, -0.15) is 5.26 Å². The first kappa shape index (κ1) is 26.7. The van der Waals surface area contributed by atoms with Crippen molar-refractivity contribution in [2.75, 3.05) is 33.1 Å². The van der Waals surface area contributed by atoms with E-state index in [1.807, 2.05) is 13.8 Å². The Labute approximate surface area is 206 Å². The second kappa shape index (κ2) is 12.7. The summed E-state index contributed by atoms with van der Waals surface area (Å²) >= 11 is 4.52. The van der Waals surface area contributed by atoms with Crippen molar-refractivity contribution < 1.29 is 23.9 Å². The maximum atomic E-state index is 12.9. The zero-order valence-corrected chi connectivity index (χ0v) is 21.5. The van der Waals surface area contributed by atoms with Crippen molar-refractivity contribution in [1.82, 2.24) is 10.2 Å². The fourth-order valence-corrected chi connectivity index (χ4v) is 5.19. The van der Waals surface area contributed by atoms with Crippen LogP contribution in [0.25, 0.3) is 0 Å². The van der Waals surface area contributed by atoms with Gasteiger partial charge in [0.1, 0.15) is 11.7 Å². The second-order valence-corrected chi connectivity index (χ2v) is 9.23. The molecular formula is C23H28BrN3O5S. The van der Waals surface area contributed by atoms with E-state index in [2.05, 4.69) is 27.3 Å². The van der Waals surface area contributed by atoms with Crippen molar-refractivity contribution >= 4 is 45.5 Å². The highest BCUT2D eigenvalue weighted by Crippen LogP contribution is 2.42. The Morgan fingerprint density at radius 1 is 1.24 bits per heavy atom. The zero-order valence-electron chi connectivity index (χ0n) is 19.1. The third kappa shape index (κ3) is 6.30. The van der Waals surface area contributed by atoms with Crippen LogP contribution in [0.1, 0.15) is 38.2 Å². The van der Waals surface area contributed by atoms with E-state index >= 15 is 0 Å². The van der Waals surface area contributed by atoms with Gasteiger partial charge in [-0.25, -0.2) is 0 Å². The number of nitrogens with zero attached hydrogens (tertiary/aromatic N) is 2. The van der Waals surface area contributed by atoms with Gasteiger partial charge in [0, 0.05) is 19.0 Å². The minimum atomic E-state index is -1.23. The summed E-state index contributed by atoms with van der Waals surface area (Å²) in [6, 6.07) is 7.26. The molecule has 0 spiro atoms. The summed E-state index contributed by atoms with van der Waals surface area (Å²) in [5, 5.41) is 12.9. The van der Waals surface area contributed by atoms with E-state index in [1.165, 1.54) is 14.2 Å². The molecule has 0 saturated heterocycles. The Balaban J connectivity index is 2.46. The minimum Gasteiger partial charge on any atom is -0.496 e. The molecule has 0 fully saturated rings. The smallest absolute Gasteiger partial charge is 0.319 e. The summed E-state index contributed by atoms with van der Waals surface area (Å²) in [4.78, 5) is 40.0. The monoisotopic (exact) mass is 537 g/mol. The largest absolute Gasteiger partial charge is 0.496 e. The number of hydrogen-bond acceptors (Lipinski definition) is 7. The molecule has 2 amide bonds. The van der Waals surface area contributed by atoms with Crippen LogP contribution in [0.4, 0.5) is 0 Å². The number of allylic oxidation sites excluding steroid dienone is 1. The van der Waals surface area contributed by atoms with Crippen LogP contribution >= 0.6 is 27.7 Å². The summed E-state index contributed by atoms with van der Waals surface area (Å²) in [6.45, 7) is 5.31. The SMILES string of the molecule is CCCN(CCC)C(=O)CSC1=C(C#N)[C@@H](c2ccc(OC)c(Br)c2)[C@@H](C(=O)OC)C(=O)N1. The van der Waals surface area contributed by atoms with Gasteiger partial charge in [0.25, 0.3) is 0 Å². The summed E-state index contributed by atoms with van der Waals surface area (Å²) < 4.78 is 10.7. The van der Waals surface area contributed by atoms with Gasteiger partial charge < -0.3 is 19.7 Å². The highest BCUT2D eigenvalue weighted by Gasteiger charge is 2.44. The summed E-state index contributed by atoms with van der Waals surface area (Å²) in [6.07, 6.45) is 1.68. The molecule has 0 radical (unpaired) electrons. The second-order valence-electron chi connectivity index (χ2n) is 7.39. The fourth-order valence-electron chi connectivity index (χ4n) is 3.68. The number of thioether (sulfide) groups is 1. The van der Waals surface area contributed by atoms with E-state index in [1.54, 1.807) is 23.1 Å². The maximum absolute atomic E-state index is 12.9. The van der Waals surface area contributed by atoms with Gasteiger partial charge in [-0.05, 0) is 46.5 Å². The Morgan fingerprint density at radius 3 is 2.42 bits per heavy atom. The van der Waals surface area contributed by atoms with Gasteiger partial charge in [-0.1, -0.05) is 31.7 Å². The Bertz CT molecular complexity index is 969. The van der Waals surface area contributed by atoms with E-state index in [4.69, 9.17) is 9.47 Å². The highest BCUT2D eigenvalue weighted by molar-refractivity contribution is 9.10. The number of halogens is 1. The van der Waals surface area contributed by atoms with Crippen LogP contribution in [0.2, 0.25) is 0 Å². The lowest BCUT2D eigenvalue weighted by Gasteiger charge is -2.31. The van der Waals surface area contributed by atoms with Crippen molar-refractivity contribution in [3.8, 4) is 11.8 Å². The summed E-state index contributed by atoms with van der Waals surface area (Å²) in [7, 11) is 2.73. The zero-order chi connectivity index (χ0) is 24.5. The molecule has 1 aromatic rings. The van der Waals surface area contributed by atoms with Crippen molar-refractivity contribution in [1.29, 1.82) is 5.26 Å². The van der Waals surface area contributed by atoms with Crippen molar-refractivity contribution in [2.45, 2.75) is 32.6 Å². The third-order valence-corrected chi connectivity index (χ3v) is 6.82. The number of amides is 2. The molecule has 1 N–H and O–H groups in total. The Hall–Kier alpha value is -2.51. The molecule has 10 heteroatoms. The van der Waals surface area contributed by atoms with Crippen LogP contribution in [0, 0.1) is 17.2 Å². The first-order chi connectivity index (χ1) is 15.8. The van der Waals surface area contributed by atoms with E-state index in [0.29, 0.717) is 28.9 Å². The van der Waals surface area contributed by atoms with E-state index in [0.717, 1.165) is 24.6 Å². The van der Waals surface area contributed by atoms with Crippen molar-refractivity contribution in [2.24, 2.45) is 5.92 Å². The molecule has 0 bridgehead atoms. The standard InChI is InChI=1S/C23H28BrN3O5S/c1-5-9-27(10-6-2)18(28)13-33-22-15(12-25)19(20(21(29)26-22)23(30)32-4)14-7-8-17(31-3)16(24)11-14/h7-8,11,19-20H,5-6,9-10,13H2,1-4H3,(H,26,29)/t19-,20-/m1/s1. The van der Waals surface area contributed by atoms with Gasteiger partial charge in [-0.15, -0.1) is 0 Å². The van der Waals surface area contributed by atoms with Gasteiger partial charge in [0.15, 0.2) is 0 Å². The molecule has 1 aliphatic heterocycles. The topological polar surface area (TPSA) is 109 Å². The van der Waals surface area contributed by atoms with Crippen LogP contribution in [-0.4, -0.2) is 55.7 Å². The number of methoxy groups -OCH3 is 2. The number of hydrogen-bond donors (Lipinski definition) is 1. The predicted molar refractivity (Wildman–Crippen MR) is 129 cm³/mol. The number of benzene rings is 1. The fraction of sp³-hybridized carbons (Fsp3) is 0.478. The van der Waals surface area contributed by atoms with Gasteiger partial charge in [-0.3, -0.25) is 14.4 Å². The number of esters is 1. The average Bonchev–Trinajstić information content (AvgIpc) is 2.81. The van der Waals surface area contributed by atoms with E-state index in [9.17, 15) is 19.6 Å². The molecule has 2 rings (SSSR count). The van der Waals surface area contributed by atoms with Crippen LogP contribution in [0.5, 0.6) is 5.75 Å². The molecule has 8 nitrogen and oxygen atoms in total.